The van der Waals surface area contributed by atoms with E-state index in [2.05, 4.69) is 129 Å². The van der Waals surface area contributed by atoms with E-state index in [1.54, 1.807) is 14.2 Å². The molecule has 568 valence electrons. The Hall–Kier alpha value is -3.75. The van der Waals surface area contributed by atoms with Gasteiger partial charge in [-0.1, -0.05) is 190 Å². The predicted octanol–water partition coefficient (Wildman–Crippen LogP) is 17.6. The molecule has 4 aliphatic carbocycles. The third-order valence-corrected chi connectivity index (χ3v) is 23.7. The number of β-amino-alcohol motifs (C(OH)–C–C–N with tert-alkyl or cyclic N) is 1. The zero-order chi connectivity index (χ0) is 68.6. The largest absolute Gasteiger partial charge is 0.493 e. The lowest BCUT2D eigenvalue weighted by Gasteiger charge is -2.38. The maximum atomic E-state index is 11.8. The number of carbonyl (C=O) groups excluding carboxylic acids is 2. The highest BCUT2D eigenvalue weighted by Gasteiger charge is 2.38. The van der Waals surface area contributed by atoms with Gasteiger partial charge < -0.3 is 33.5 Å². The number of halogens is 6. The zero-order valence-electron chi connectivity index (χ0n) is 60.6. The molecule has 6 aromatic rings. The molecule has 0 spiro atoms. The number of fused-ring (bicyclic) bond motifs is 1. The van der Waals surface area contributed by atoms with Gasteiger partial charge in [-0.05, 0) is 140 Å². The van der Waals surface area contributed by atoms with E-state index in [4.69, 9.17) is 51.6 Å². The van der Waals surface area contributed by atoms with Gasteiger partial charge in [-0.15, -0.1) is 61.4 Å². The second kappa shape index (κ2) is 45.9. The molecule has 4 heterocycles. The van der Waals surface area contributed by atoms with Gasteiger partial charge in [-0.2, -0.15) is 0 Å². The van der Waals surface area contributed by atoms with Crippen LogP contribution in [0.15, 0.2) is 140 Å². The molecule has 4 unspecified atom stereocenters. The molecule has 8 aliphatic rings. The number of aliphatic hydroxyl groups excluding tert-OH is 1. The van der Waals surface area contributed by atoms with E-state index >= 15 is 0 Å². The Labute approximate surface area is 653 Å². The molecule has 0 aromatic heterocycles. The minimum absolute atomic E-state index is 0. The van der Waals surface area contributed by atoms with Crippen LogP contribution in [0.4, 0.5) is 0 Å². The Morgan fingerprint density at radius 2 is 0.951 bits per heavy atom. The Bertz CT molecular complexity index is 3360. The van der Waals surface area contributed by atoms with Crippen molar-refractivity contribution in [3.05, 3.63) is 177 Å². The van der Waals surface area contributed by atoms with Crippen LogP contribution in [-0.2, 0) is 47.8 Å². The first-order chi connectivity index (χ1) is 48.6. The molecule has 14 rings (SSSR count). The number of hydrogen-bond acceptors (Lipinski definition) is 14. The van der Waals surface area contributed by atoms with E-state index in [0.717, 1.165) is 118 Å². The van der Waals surface area contributed by atoms with Gasteiger partial charge in [0.2, 0.25) is 0 Å². The molecule has 6 aromatic carbocycles. The molecule has 1 N–H and O–H groups in total. The SMILES string of the molecule is COc1ccc(CCOC2CCCC[C@H]2N2CCC(O)C2)cc1OC.Cl.Cl.Cl.Cl.Clc1cccc(Cl)c1CCOC1CCCC[C@H]1N1CCSC1.O=C1CCN(C2CCCC[C@@H]2OCC(c2ccccc2)c2ccccc2)C1.O=C1CCN([C@@H]2CCCC[C@@H]2OCCc2cccc3ccccc23)C1. The van der Waals surface area contributed by atoms with E-state index in [1.165, 1.54) is 128 Å². The second-order valence-electron chi connectivity index (χ2n) is 28.5. The van der Waals surface area contributed by atoms with Crippen LogP contribution in [0.25, 0.3) is 10.8 Å². The summed E-state index contributed by atoms with van der Waals surface area (Å²) in [5.74, 6) is 4.97. The summed E-state index contributed by atoms with van der Waals surface area (Å²) in [7, 11) is 3.31. The monoisotopic (exact) mass is 1550 g/mol. The Kier molecular flexibility index (Phi) is 38.6. The zero-order valence-corrected chi connectivity index (χ0v) is 66.2. The van der Waals surface area contributed by atoms with Gasteiger partial charge in [0.25, 0.3) is 0 Å². The fraction of sp³-hybridized carbons (Fsp3) is 0.566. The summed E-state index contributed by atoms with van der Waals surface area (Å²) in [6.45, 7) is 8.97. The van der Waals surface area contributed by atoms with Gasteiger partial charge in [0, 0.05) is 97.3 Å². The van der Waals surface area contributed by atoms with Crippen LogP contribution < -0.4 is 9.47 Å². The lowest BCUT2D eigenvalue weighted by Crippen LogP contribution is -2.46. The van der Waals surface area contributed by atoms with Crippen LogP contribution in [0, 0.1) is 0 Å². The molecule has 4 saturated heterocycles. The van der Waals surface area contributed by atoms with Crippen LogP contribution in [0.3, 0.4) is 0 Å². The number of ether oxygens (including phenoxy) is 6. The number of carbonyl (C=O) groups is 2. The molecule has 9 atom stereocenters. The summed E-state index contributed by atoms with van der Waals surface area (Å²) < 4.78 is 36.1. The standard InChI is InChI=1S/C24H29NO2.C22H27NO2.C20H31NO4.C17H23Cl2NOS.4ClH/c26-21-15-16-25(17-21)23-13-7-8-14-24(23)27-18-22(19-9-3-1-4-10-19)20-11-5-2-6-12-20;24-19-12-14-23(16-19)21-10-3-4-11-22(21)25-15-13-18-8-5-7-17-6-1-2-9-20(17)18;1-23-19-8-7-15(13-20(19)24-2)10-12-25-18-6-4-3-5-17(18)21-11-9-16(22)14-21;18-14-4-3-5-15(19)13(14)8-10-21-17-7-2-1-6-16(17)20-9-11-22-12-20;;;;/h1-6,9-12,22-24H,7-8,13-18H2;1-2,5-9,21-22H,3-4,10-16H2;7-8,13,16-18,22H,3-6,9-12,14H2,1-2H3;3-5,16-17H,1-2,6-12H2;4*1H/t23?,24-;21-,22+;16?,17-,18?;16-,17?;;;;/m0111..../s1. The third kappa shape index (κ3) is 25.4. The number of benzene rings is 6. The summed E-state index contributed by atoms with van der Waals surface area (Å²) in [5.41, 5.74) is 6.16. The molecule has 4 aliphatic heterocycles. The predicted molar refractivity (Wildman–Crippen MR) is 431 cm³/mol. The maximum Gasteiger partial charge on any atom is 0.160 e. The van der Waals surface area contributed by atoms with Crippen LogP contribution >= 0.6 is 84.6 Å². The minimum Gasteiger partial charge on any atom is -0.493 e. The molecular formula is C83H114Cl6N4O9S. The lowest BCUT2D eigenvalue weighted by atomic mass is 9.90. The highest BCUT2D eigenvalue weighted by atomic mass is 35.5. The van der Waals surface area contributed by atoms with Crippen molar-refractivity contribution in [3.8, 4) is 11.5 Å². The molecule has 4 saturated carbocycles. The van der Waals surface area contributed by atoms with E-state index < -0.39 is 0 Å². The highest BCUT2D eigenvalue weighted by molar-refractivity contribution is 7.99. The van der Waals surface area contributed by atoms with Gasteiger partial charge in [0.05, 0.1) is 84.3 Å². The first-order valence-corrected chi connectivity index (χ1v) is 39.4. The maximum absolute atomic E-state index is 11.8. The lowest BCUT2D eigenvalue weighted by molar-refractivity contribution is -0.118. The van der Waals surface area contributed by atoms with Crippen LogP contribution in [-0.4, -0.2) is 189 Å². The van der Waals surface area contributed by atoms with Crippen molar-refractivity contribution in [2.75, 3.05) is 98.1 Å². The van der Waals surface area contributed by atoms with Crippen molar-refractivity contribution in [1.82, 2.24) is 19.6 Å². The molecule has 0 amide bonds. The fourth-order valence-corrected chi connectivity index (χ4v) is 18.3. The summed E-state index contributed by atoms with van der Waals surface area (Å²) in [6.07, 6.45) is 25.4. The van der Waals surface area contributed by atoms with Crippen molar-refractivity contribution in [2.24, 2.45) is 0 Å². The van der Waals surface area contributed by atoms with Gasteiger partial charge in [0.15, 0.2) is 11.5 Å². The first-order valence-electron chi connectivity index (χ1n) is 37.5. The Morgan fingerprint density at radius 1 is 0.476 bits per heavy atom. The molecular weight excluding hydrogens is 1440 g/mol. The summed E-state index contributed by atoms with van der Waals surface area (Å²) >= 11 is 14.5. The van der Waals surface area contributed by atoms with Gasteiger partial charge in [-0.25, -0.2) is 0 Å². The number of rotatable bonds is 23. The van der Waals surface area contributed by atoms with Crippen molar-refractivity contribution >= 4 is 107 Å². The molecule has 13 nitrogen and oxygen atoms in total. The third-order valence-electron chi connectivity index (χ3n) is 22.0. The summed E-state index contributed by atoms with van der Waals surface area (Å²) in [6, 6.07) is 50.0. The topological polar surface area (TPSA) is 123 Å². The number of hydrogen-bond donors (Lipinski definition) is 1. The smallest absolute Gasteiger partial charge is 0.160 e. The summed E-state index contributed by atoms with van der Waals surface area (Å²) in [5, 5.41) is 13.9. The van der Waals surface area contributed by atoms with Crippen molar-refractivity contribution in [2.45, 2.75) is 202 Å². The van der Waals surface area contributed by atoms with E-state index in [1.807, 2.05) is 42.1 Å². The van der Waals surface area contributed by atoms with Crippen LogP contribution in [0.5, 0.6) is 11.5 Å². The van der Waals surface area contributed by atoms with Crippen molar-refractivity contribution in [3.63, 3.8) is 0 Å². The minimum atomic E-state index is -0.158. The highest BCUT2D eigenvalue weighted by Crippen LogP contribution is 2.36. The van der Waals surface area contributed by atoms with Crippen LogP contribution in [0.2, 0.25) is 10.0 Å². The Balaban J connectivity index is 0.000000190. The molecule has 20 heteroatoms. The van der Waals surface area contributed by atoms with Gasteiger partial charge in [-0.3, -0.25) is 29.2 Å². The number of ketones is 2. The first kappa shape index (κ1) is 86.5. The fourth-order valence-electron chi connectivity index (χ4n) is 16.6. The quantitative estimate of drug-likeness (QED) is 0.0655. The molecule has 103 heavy (non-hydrogen) atoms. The van der Waals surface area contributed by atoms with E-state index in [-0.39, 0.29) is 73.9 Å². The van der Waals surface area contributed by atoms with Crippen molar-refractivity contribution in [1.29, 1.82) is 0 Å². The molecule has 0 radical (unpaired) electrons. The number of methoxy groups -OCH3 is 2. The second-order valence-corrected chi connectivity index (χ2v) is 30.4. The number of Topliss-reactive ketones (excluding diaryl/α,β-unsaturated/α-hetero) is 2. The molecule has 0 bridgehead atoms. The number of nitrogens with zero attached hydrogens (tertiary/aromatic N) is 4. The number of thioether (sulfide) groups is 1. The van der Waals surface area contributed by atoms with Crippen molar-refractivity contribution < 1.29 is 43.1 Å². The Morgan fingerprint density at radius 3 is 1.46 bits per heavy atom. The van der Waals surface area contributed by atoms with Gasteiger partial charge in [0.1, 0.15) is 11.6 Å². The normalized spacial score (nSPS) is 24.6. The average molecular weight is 1560 g/mol. The van der Waals surface area contributed by atoms with E-state index in [0.29, 0.717) is 87.3 Å². The molecule has 8 fully saturated rings. The number of likely N-dealkylation sites (tertiary alicyclic amines) is 3. The summed E-state index contributed by atoms with van der Waals surface area (Å²) in [4.78, 5) is 33.2. The average Bonchev–Trinajstić information content (AvgIpc) is 1.83. The van der Waals surface area contributed by atoms with Crippen LogP contribution in [0.1, 0.15) is 156 Å². The van der Waals surface area contributed by atoms with Gasteiger partial charge >= 0.3 is 0 Å². The number of aliphatic hydroxyl groups is 1. The van der Waals surface area contributed by atoms with E-state index in [9.17, 15) is 14.7 Å².